The highest BCUT2D eigenvalue weighted by molar-refractivity contribution is 7.89. The van der Waals surface area contributed by atoms with E-state index in [4.69, 9.17) is 4.74 Å². The van der Waals surface area contributed by atoms with Crippen LogP contribution in [0.1, 0.15) is 22.9 Å². The van der Waals surface area contributed by atoms with Gasteiger partial charge in [0.05, 0.1) is 17.1 Å². The highest BCUT2D eigenvalue weighted by Gasteiger charge is 2.34. The highest BCUT2D eigenvalue weighted by atomic mass is 32.2. The third kappa shape index (κ3) is 3.63. The molecule has 1 aliphatic heterocycles. The van der Waals surface area contributed by atoms with Gasteiger partial charge in [-0.2, -0.15) is 9.40 Å². The largest absolute Gasteiger partial charge is 0.461 e. The van der Waals surface area contributed by atoms with E-state index in [1.807, 2.05) is 30.7 Å². The zero-order valence-corrected chi connectivity index (χ0v) is 16.5. The maximum absolute atomic E-state index is 13.3. The third-order valence-corrected chi connectivity index (χ3v) is 6.42. The number of nitrogens with zero attached hydrogens (tertiary/aromatic N) is 5. The monoisotopic (exact) mass is 399 g/mol. The van der Waals surface area contributed by atoms with E-state index in [9.17, 15) is 8.42 Å². The Labute approximate surface area is 163 Å². The summed E-state index contributed by atoms with van der Waals surface area (Å²) >= 11 is 0. The van der Waals surface area contributed by atoms with Crippen LogP contribution in [0.15, 0.2) is 53.8 Å². The van der Waals surface area contributed by atoms with Crippen molar-refractivity contribution in [1.29, 1.82) is 0 Å². The molecule has 1 atom stereocenters. The van der Waals surface area contributed by atoms with Crippen molar-refractivity contribution in [3.05, 3.63) is 65.7 Å². The molecule has 0 radical (unpaired) electrons. The molecule has 28 heavy (non-hydrogen) atoms. The Bertz CT molecular complexity index is 1060. The predicted octanol–water partition coefficient (Wildman–Crippen LogP) is 2.11. The summed E-state index contributed by atoms with van der Waals surface area (Å²) in [6.45, 7) is 4.55. The summed E-state index contributed by atoms with van der Waals surface area (Å²) < 4.78 is 35.5. The summed E-state index contributed by atoms with van der Waals surface area (Å²) in [6, 6.07) is 8.89. The number of rotatable bonds is 5. The molecule has 2 aromatic heterocycles. The normalized spacial score (nSPS) is 17.3. The van der Waals surface area contributed by atoms with Gasteiger partial charge in [-0.05, 0) is 49.2 Å². The molecule has 4 rings (SSSR count). The summed E-state index contributed by atoms with van der Waals surface area (Å²) in [5, 5.41) is 4.34. The van der Waals surface area contributed by atoms with Crippen LogP contribution in [0.25, 0.3) is 0 Å². The summed E-state index contributed by atoms with van der Waals surface area (Å²) in [5.41, 5.74) is 2.66. The van der Waals surface area contributed by atoms with Crippen LogP contribution in [0.4, 0.5) is 0 Å². The number of aryl methyl sites for hydroxylation is 2. The van der Waals surface area contributed by atoms with Crippen molar-refractivity contribution in [2.45, 2.75) is 31.3 Å². The number of hydrogen-bond acceptors (Lipinski definition) is 6. The Balaban J connectivity index is 1.61. The predicted molar refractivity (Wildman–Crippen MR) is 102 cm³/mol. The van der Waals surface area contributed by atoms with Crippen LogP contribution in [-0.2, 0) is 16.6 Å². The van der Waals surface area contributed by atoms with Crippen molar-refractivity contribution in [2.24, 2.45) is 0 Å². The van der Waals surface area contributed by atoms with Crippen LogP contribution in [0.3, 0.4) is 0 Å². The van der Waals surface area contributed by atoms with Crippen molar-refractivity contribution in [2.75, 3.05) is 13.2 Å². The first-order valence-electron chi connectivity index (χ1n) is 8.94. The van der Waals surface area contributed by atoms with E-state index in [1.54, 1.807) is 36.8 Å². The Morgan fingerprint density at radius 2 is 1.82 bits per heavy atom. The molecule has 3 heterocycles. The van der Waals surface area contributed by atoms with Crippen LogP contribution in [-0.4, -0.2) is 45.6 Å². The second kappa shape index (κ2) is 7.33. The van der Waals surface area contributed by atoms with Crippen LogP contribution in [0.2, 0.25) is 0 Å². The fourth-order valence-electron chi connectivity index (χ4n) is 3.42. The van der Waals surface area contributed by atoms with E-state index in [1.165, 1.54) is 4.31 Å². The smallest absolute Gasteiger partial charge is 0.316 e. The van der Waals surface area contributed by atoms with E-state index in [0.717, 1.165) is 16.8 Å². The van der Waals surface area contributed by atoms with Gasteiger partial charge in [0.25, 0.3) is 0 Å². The zero-order chi connectivity index (χ0) is 19.7. The van der Waals surface area contributed by atoms with Gasteiger partial charge >= 0.3 is 6.01 Å². The number of benzene rings is 1. The van der Waals surface area contributed by atoms with E-state index >= 15 is 0 Å². The Kier molecular flexibility index (Phi) is 4.86. The molecule has 8 nitrogen and oxygen atoms in total. The standard InChI is InChI=1S/C19H21N5O3S/c1-14-8-15(2)10-18(9-14)28(25,26)23-11-16-4-7-22-24(16)17(12-23)13-27-19-20-5-3-6-21-19/h3-10,17H,11-13H2,1-2H3/t17-/m1/s1. The highest BCUT2D eigenvalue weighted by Crippen LogP contribution is 2.27. The minimum absolute atomic E-state index is 0.220. The molecule has 0 N–H and O–H groups in total. The number of hydrogen-bond donors (Lipinski definition) is 0. The van der Waals surface area contributed by atoms with Crippen molar-refractivity contribution >= 4 is 10.0 Å². The molecule has 1 aromatic carbocycles. The first kappa shape index (κ1) is 18.6. The van der Waals surface area contributed by atoms with Gasteiger partial charge in [-0.15, -0.1) is 0 Å². The van der Waals surface area contributed by atoms with Gasteiger partial charge in [-0.1, -0.05) is 6.07 Å². The number of sulfonamides is 1. The van der Waals surface area contributed by atoms with E-state index in [0.29, 0.717) is 4.90 Å². The fraction of sp³-hybridized carbons (Fsp3) is 0.316. The molecule has 0 bridgehead atoms. The van der Waals surface area contributed by atoms with Crippen LogP contribution >= 0.6 is 0 Å². The zero-order valence-electron chi connectivity index (χ0n) is 15.7. The first-order chi connectivity index (χ1) is 13.4. The average molecular weight is 399 g/mol. The Hall–Kier alpha value is -2.78. The topological polar surface area (TPSA) is 90.2 Å². The lowest BCUT2D eigenvalue weighted by molar-refractivity contribution is 0.174. The minimum atomic E-state index is -3.64. The Morgan fingerprint density at radius 3 is 2.54 bits per heavy atom. The third-order valence-electron chi connectivity index (χ3n) is 4.63. The molecule has 146 valence electrons. The van der Waals surface area contributed by atoms with Crippen LogP contribution in [0.5, 0.6) is 6.01 Å². The van der Waals surface area contributed by atoms with Crippen LogP contribution < -0.4 is 4.74 Å². The number of ether oxygens (including phenoxy) is 1. The number of aromatic nitrogens is 4. The lowest BCUT2D eigenvalue weighted by Crippen LogP contribution is -2.43. The lowest BCUT2D eigenvalue weighted by atomic mass is 10.2. The molecule has 0 saturated carbocycles. The van der Waals surface area contributed by atoms with E-state index in [-0.39, 0.29) is 31.7 Å². The van der Waals surface area contributed by atoms with Crippen LogP contribution in [0, 0.1) is 13.8 Å². The summed E-state index contributed by atoms with van der Waals surface area (Å²) in [6.07, 6.45) is 4.87. The maximum Gasteiger partial charge on any atom is 0.316 e. The quantitative estimate of drug-likeness (QED) is 0.653. The lowest BCUT2D eigenvalue weighted by Gasteiger charge is -2.33. The van der Waals surface area contributed by atoms with Gasteiger partial charge in [0.2, 0.25) is 10.0 Å². The Morgan fingerprint density at radius 1 is 1.11 bits per heavy atom. The van der Waals surface area contributed by atoms with Gasteiger partial charge in [0, 0.05) is 25.1 Å². The number of fused-ring (bicyclic) bond motifs is 1. The first-order valence-corrected chi connectivity index (χ1v) is 10.4. The molecular formula is C19H21N5O3S. The summed E-state index contributed by atoms with van der Waals surface area (Å²) in [4.78, 5) is 8.40. The average Bonchev–Trinajstić information content (AvgIpc) is 3.15. The molecule has 0 amide bonds. The van der Waals surface area contributed by atoms with Gasteiger partial charge < -0.3 is 4.74 Å². The molecule has 0 aliphatic carbocycles. The van der Waals surface area contributed by atoms with Gasteiger partial charge in [0.1, 0.15) is 12.6 Å². The minimum Gasteiger partial charge on any atom is -0.461 e. The molecule has 1 aliphatic rings. The van der Waals surface area contributed by atoms with E-state index in [2.05, 4.69) is 15.1 Å². The molecular weight excluding hydrogens is 378 g/mol. The van der Waals surface area contributed by atoms with Gasteiger partial charge in [0.15, 0.2) is 0 Å². The van der Waals surface area contributed by atoms with Crippen molar-refractivity contribution < 1.29 is 13.2 Å². The van der Waals surface area contributed by atoms with Crippen molar-refractivity contribution in [3.63, 3.8) is 0 Å². The SMILES string of the molecule is Cc1cc(C)cc(S(=O)(=O)N2Cc3ccnn3[C@@H](COc3ncccn3)C2)c1. The molecule has 0 saturated heterocycles. The van der Waals surface area contributed by atoms with Gasteiger partial charge in [-0.3, -0.25) is 4.68 Å². The summed E-state index contributed by atoms with van der Waals surface area (Å²) in [7, 11) is -3.64. The summed E-state index contributed by atoms with van der Waals surface area (Å²) in [5.74, 6) is 0. The van der Waals surface area contributed by atoms with Gasteiger partial charge in [-0.25, -0.2) is 18.4 Å². The molecule has 0 unspecified atom stereocenters. The molecule has 0 fully saturated rings. The second-order valence-corrected chi connectivity index (χ2v) is 8.82. The molecule has 3 aromatic rings. The van der Waals surface area contributed by atoms with E-state index < -0.39 is 10.0 Å². The fourth-order valence-corrected chi connectivity index (χ4v) is 5.06. The molecule has 9 heteroatoms. The second-order valence-electron chi connectivity index (χ2n) is 6.88. The van der Waals surface area contributed by atoms with Crippen molar-refractivity contribution in [3.8, 4) is 6.01 Å². The molecule has 0 spiro atoms. The maximum atomic E-state index is 13.3. The van der Waals surface area contributed by atoms with Crippen molar-refractivity contribution in [1.82, 2.24) is 24.1 Å².